The van der Waals surface area contributed by atoms with E-state index in [0.717, 1.165) is 0 Å². The van der Waals surface area contributed by atoms with Crippen molar-refractivity contribution < 1.29 is 69.7 Å². The Balaban J connectivity index is -0.00000000667. The first kappa shape index (κ1) is 24.7. The molecular weight excluding hydrogens is 102 g/mol. The molecule has 0 bridgehead atoms. The quantitative estimate of drug-likeness (QED) is 0.228. The van der Waals surface area contributed by atoms with Crippen molar-refractivity contribution in [1.82, 2.24) is 0 Å². The zero-order valence-corrected chi connectivity index (χ0v) is 8.27. The van der Waals surface area contributed by atoms with Crippen LogP contribution in [0.4, 0.5) is 0 Å². The van der Waals surface area contributed by atoms with Crippen LogP contribution in [-0.2, 0) is 0 Å². The van der Waals surface area contributed by atoms with Gasteiger partial charge in [-0.05, 0) is 0 Å². The van der Waals surface area contributed by atoms with Crippen molar-refractivity contribution in [3.05, 3.63) is 6.92 Å². The third-order valence-electron chi connectivity index (χ3n) is 0. The Morgan fingerprint density at radius 2 is 1.33 bits per heavy atom. The minimum absolute atomic E-state index is 0. The normalized spacial score (nSPS) is 3.00. The van der Waals surface area contributed by atoms with Gasteiger partial charge in [-0.25, -0.2) is 0 Å². The number of hydrogen-bond acceptors (Lipinski definition) is 2. The van der Waals surface area contributed by atoms with Crippen LogP contribution in [0.25, 0.3) is 0 Å². The minimum atomic E-state index is -0.250. The van der Waals surface area contributed by atoms with Crippen LogP contribution < -0.4 is 64.2 Å². The van der Waals surface area contributed by atoms with E-state index in [4.69, 9.17) is 5.11 Å². The second kappa shape index (κ2) is 28.4. The van der Waals surface area contributed by atoms with Crippen LogP contribution in [0.1, 0.15) is 0 Å². The smallest absolute Gasteiger partial charge is 0.878 e. The summed E-state index contributed by atoms with van der Waals surface area (Å²) in [5, 5.41) is 8.82. The number of rotatable bonds is 0. The average molecular weight is 107 g/mol. The van der Waals surface area contributed by atoms with E-state index in [0.29, 0.717) is 0 Å². The molecule has 4 heteroatoms. The third kappa shape index (κ3) is 38.9. The van der Waals surface area contributed by atoms with E-state index in [9.17, 15) is 0 Å². The van der Waals surface area contributed by atoms with Gasteiger partial charge < -0.3 is 17.5 Å². The first-order valence-electron chi connectivity index (χ1n) is 0.789. The Hall–Kier alpha value is 1.92. The molecule has 0 aliphatic rings. The van der Waals surface area contributed by atoms with E-state index in [-0.39, 0.29) is 71.2 Å². The third-order valence-corrected chi connectivity index (χ3v) is 0. The van der Waals surface area contributed by atoms with Gasteiger partial charge in [0.05, 0.1) is 0 Å². The first-order chi connectivity index (χ1) is 1.41. The second-order valence-electron chi connectivity index (χ2n) is 0.204. The monoisotopic (exact) mass is 107 g/mol. The van der Waals surface area contributed by atoms with Crippen LogP contribution in [0.15, 0.2) is 0 Å². The Labute approximate surface area is 82.2 Å². The van der Waals surface area contributed by atoms with E-state index in [2.05, 4.69) is 6.92 Å². The van der Waals surface area contributed by atoms with Gasteiger partial charge in [-0.3, -0.25) is 6.61 Å². The van der Waals surface area contributed by atoms with Crippen molar-refractivity contribution >= 4 is 0 Å². The predicted molar refractivity (Wildman–Crippen MR) is 12.2 cm³/mol. The summed E-state index contributed by atoms with van der Waals surface area (Å²) < 4.78 is 0. The second-order valence-corrected chi connectivity index (χ2v) is 0.204. The summed E-state index contributed by atoms with van der Waals surface area (Å²) in [5.74, 6) is 0. The molecular formula is C2H5Na2O2-. The van der Waals surface area contributed by atoms with Gasteiger partial charge in [-0.1, -0.05) is 0 Å². The molecule has 28 valence electrons. The molecule has 0 amide bonds. The molecule has 1 N–H and O–H groups in total. The maximum absolute atomic E-state index is 8.82. The molecule has 0 saturated heterocycles. The van der Waals surface area contributed by atoms with Gasteiger partial charge in [0.25, 0.3) is 0 Å². The standard InChI is InChI=1S/C2H4O.2Na.H2O/c1-2-3;;;/h1-2H2;;;1H2/q-2;2*+1;/p-1. The molecule has 0 aromatic rings. The molecule has 6 heavy (non-hydrogen) atoms. The summed E-state index contributed by atoms with van der Waals surface area (Å²) in [6.45, 7) is 2.68. The molecule has 2 nitrogen and oxygen atoms in total. The van der Waals surface area contributed by atoms with Crippen molar-refractivity contribution in [3.8, 4) is 0 Å². The van der Waals surface area contributed by atoms with E-state index in [1.54, 1.807) is 0 Å². The van der Waals surface area contributed by atoms with Crippen LogP contribution in [0.3, 0.4) is 0 Å². The average Bonchev–Trinajstić information content (AvgIpc) is 0.918. The van der Waals surface area contributed by atoms with Crippen LogP contribution in [0.2, 0.25) is 0 Å². The fraction of sp³-hybridized carbons (Fsp3) is 0.500. The van der Waals surface area contributed by atoms with Gasteiger partial charge in [0.15, 0.2) is 0 Å². The number of hydrogen-bond donors (Lipinski definition) is 0. The molecule has 0 saturated carbocycles. The maximum Gasteiger partial charge on any atom is 1.00 e. The van der Waals surface area contributed by atoms with Crippen molar-refractivity contribution in [3.63, 3.8) is 0 Å². The largest absolute Gasteiger partial charge is 1.00 e. The Morgan fingerprint density at radius 1 is 1.33 bits per heavy atom. The molecule has 0 aromatic heterocycles. The van der Waals surface area contributed by atoms with Crippen LogP contribution >= 0.6 is 0 Å². The van der Waals surface area contributed by atoms with Crippen LogP contribution in [-0.4, -0.2) is 12.1 Å². The minimum Gasteiger partial charge on any atom is -0.878 e. The van der Waals surface area contributed by atoms with Gasteiger partial charge in [-0.15, -0.1) is 0 Å². The Bertz CT molecular complexity index is 9.51. The molecule has 0 fully saturated rings. The van der Waals surface area contributed by atoms with Crippen molar-refractivity contribution in [2.75, 3.05) is 6.61 Å². The summed E-state index contributed by atoms with van der Waals surface area (Å²) in [4.78, 5) is 0. The summed E-state index contributed by atoms with van der Waals surface area (Å²) in [6.07, 6.45) is 0. The van der Waals surface area contributed by atoms with Crippen molar-refractivity contribution in [2.24, 2.45) is 0 Å². The van der Waals surface area contributed by atoms with Gasteiger partial charge in [-0.2, -0.15) is 0 Å². The summed E-state index contributed by atoms with van der Waals surface area (Å²) in [6, 6.07) is 0. The van der Waals surface area contributed by atoms with Gasteiger partial charge in [0.2, 0.25) is 0 Å². The van der Waals surface area contributed by atoms with Gasteiger partial charge in [0.1, 0.15) is 0 Å². The molecule has 0 rings (SSSR count). The fourth-order valence-corrected chi connectivity index (χ4v) is 0. The van der Waals surface area contributed by atoms with Crippen LogP contribution in [0.5, 0.6) is 0 Å². The van der Waals surface area contributed by atoms with E-state index >= 15 is 0 Å². The Morgan fingerprint density at radius 3 is 1.33 bits per heavy atom. The van der Waals surface area contributed by atoms with E-state index < -0.39 is 0 Å². The summed E-state index contributed by atoms with van der Waals surface area (Å²) in [5.41, 5.74) is 0. The summed E-state index contributed by atoms with van der Waals surface area (Å²) >= 11 is 0. The SMILES string of the molecule is [CH2-]C[O-].[Na+].[Na+].[OH-]. The topological polar surface area (TPSA) is 53.1 Å². The molecule has 0 aliphatic heterocycles. The Kier molecular flexibility index (Phi) is 117. The first-order valence-corrected chi connectivity index (χ1v) is 0.789. The zero-order chi connectivity index (χ0) is 2.71. The fourth-order valence-electron chi connectivity index (χ4n) is 0. The maximum atomic E-state index is 8.82. The van der Waals surface area contributed by atoms with Crippen molar-refractivity contribution in [1.29, 1.82) is 0 Å². The van der Waals surface area contributed by atoms with Crippen LogP contribution in [0, 0.1) is 6.92 Å². The van der Waals surface area contributed by atoms with Crippen molar-refractivity contribution in [2.45, 2.75) is 0 Å². The van der Waals surface area contributed by atoms with E-state index in [1.807, 2.05) is 0 Å². The molecule has 0 aliphatic carbocycles. The molecule has 0 unspecified atom stereocenters. The molecule has 0 atom stereocenters. The predicted octanol–water partition coefficient (Wildman–Crippen LogP) is -6.99. The van der Waals surface area contributed by atoms with Gasteiger partial charge in [0, 0.05) is 0 Å². The van der Waals surface area contributed by atoms with E-state index in [1.165, 1.54) is 0 Å². The zero-order valence-electron chi connectivity index (χ0n) is 4.27. The molecule has 0 spiro atoms. The molecule has 0 aromatic carbocycles. The molecule has 0 radical (unpaired) electrons. The summed E-state index contributed by atoms with van der Waals surface area (Å²) in [7, 11) is 0. The molecule has 0 heterocycles. The van der Waals surface area contributed by atoms with Gasteiger partial charge >= 0.3 is 59.1 Å².